The van der Waals surface area contributed by atoms with Crippen LogP contribution in [0, 0.1) is 0 Å². The fourth-order valence-corrected chi connectivity index (χ4v) is 4.83. The summed E-state index contributed by atoms with van der Waals surface area (Å²) in [5.41, 5.74) is 0.630. The van der Waals surface area contributed by atoms with Gasteiger partial charge in [0.25, 0.3) is 0 Å². The molecule has 1 aromatic rings. The highest BCUT2D eigenvalue weighted by atomic mass is 16.6. The van der Waals surface area contributed by atoms with E-state index in [4.69, 9.17) is 18.9 Å². The highest BCUT2D eigenvalue weighted by molar-refractivity contribution is 5.71. The highest BCUT2D eigenvalue weighted by Gasteiger charge is 2.30. The van der Waals surface area contributed by atoms with Gasteiger partial charge in [-0.05, 0) is 90.3 Å². The van der Waals surface area contributed by atoms with Gasteiger partial charge in [0.15, 0.2) is 6.61 Å². The van der Waals surface area contributed by atoms with Crippen molar-refractivity contribution in [1.29, 1.82) is 0 Å². The van der Waals surface area contributed by atoms with Crippen LogP contribution in [0.1, 0.15) is 77.7 Å². The molecule has 0 aromatic heterocycles. The molecule has 196 valence electrons. The van der Waals surface area contributed by atoms with Crippen LogP contribution >= 0.6 is 0 Å². The van der Waals surface area contributed by atoms with Crippen LogP contribution in [-0.4, -0.2) is 62.2 Å². The first-order chi connectivity index (χ1) is 16.7. The van der Waals surface area contributed by atoms with Gasteiger partial charge in [-0.2, -0.15) is 0 Å². The molecule has 1 saturated carbocycles. The van der Waals surface area contributed by atoms with Gasteiger partial charge >= 0.3 is 12.1 Å². The lowest BCUT2D eigenvalue weighted by Gasteiger charge is -2.36. The van der Waals surface area contributed by atoms with Crippen LogP contribution in [0.15, 0.2) is 24.3 Å². The normalized spacial score (nSPS) is 24.9. The third kappa shape index (κ3) is 9.00. The Hall–Kier alpha value is -2.32. The van der Waals surface area contributed by atoms with E-state index >= 15 is 0 Å². The van der Waals surface area contributed by atoms with Crippen molar-refractivity contribution in [2.75, 3.05) is 26.4 Å². The number of carbonyl (C=O) groups is 2. The minimum atomic E-state index is -0.515. The topological polar surface area (TPSA) is 95.1 Å². The summed E-state index contributed by atoms with van der Waals surface area (Å²) in [6.45, 7) is 9.16. The summed E-state index contributed by atoms with van der Waals surface area (Å²) in [6.07, 6.45) is 5.69. The van der Waals surface area contributed by atoms with Crippen LogP contribution in [0.25, 0.3) is 0 Å². The molecular weight excluding hydrogens is 448 g/mol. The molecule has 1 aliphatic carbocycles. The van der Waals surface area contributed by atoms with Crippen molar-refractivity contribution in [2.24, 2.45) is 0 Å². The number of amides is 1. The molecule has 0 unspecified atom stereocenters. The molecule has 2 fully saturated rings. The van der Waals surface area contributed by atoms with E-state index in [-0.39, 0.29) is 36.9 Å². The van der Waals surface area contributed by atoms with E-state index < -0.39 is 5.60 Å². The number of ether oxygens (including phenoxy) is 4. The van der Waals surface area contributed by atoms with E-state index in [9.17, 15) is 9.59 Å². The minimum Gasteiger partial charge on any atom is -0.482 e. The second-order valence-electron chi connectivity index (χ2n) is 10.4. The Kier molecular flexibility index (Phi) is 10.2. The smallest absolute Gasteiger partial charge is 0.407 e. The summed E-state index contributed by atoms with van der Waals surface area (Å²) in [7, 11) is 0. The number of nitrogens with one attached hydrogen (secondary N) is 2. The number of hydrogen-bond donors (Lipinski definition) is 2. The van der Waals surface area contributed by atoms with Gasteiger partial charge in [-0.1, -0.05) is 18.2 Å². The quantitative estimate of drug-likeness (QED) is 0.498. The number of rotatable bonds is 9. The summed E-state index contributed by atoms with van der Waals surface area (Å²) in [5, 5.41) is 6.53. The molecule has 1 aliphatic heterocycles. The highest BCUT2D eigenvalue weighted by Crippen LogP contribution is 2.38. The van der Waals surface area contributed by atoms with Crippen molar-refractivity contribution >= 4 is 12.1 Å². The number of hydrogen-bond acceptors (Lipinski definition) is 7. The summed E-state index contributed by atoms with van der Waals surface area (Å²) >= 11 is 0. The maximum Gasteiger partial charge on any atom is 0.407 e. The van der Waals surface area contributed by atoms with Gasteiger partial charge in [-0.15, -0.1) is 0 Å². The largest absolute Gasteiger partial charge is 0.482 e. The Morgan fingerprint density at radius 3 is 2.54 bits per heavy atom. The molecule has 35 heavy (non-hydrogen) atoms. The average molecular weight is 491 g/mol. The van der Waals surface area contributed by atoms with E-state index in [1.807, 2.05) is 39.0 Å². The number of alkyl carbamates (subject to hydrolysis) is 1. The lowest BCUT2D eigenvalue weighted by atomic mass is 9.82. The predicted molar refractivity (Wildman–Crippen MR) is 134 cm³/mol. The lowest BCUT2D eigenvalue weighted by molar-refractivity contribution is -0.145. The van der Waals surface area contributed by atoms with Crippen LogP contribution < -0.4 is 15.4 Å². The summed E-state index contributed by atoms with van der Waals surface area (Å²) in [5.74, 6) is 0.783. The van der Waals surface area contributed by atoms with Gasteiger partial charge in [0.05, 0.1) is 25.4 Å². The van der Waals surface area contributed by atoms with Crippen molar-refractivity contribution in [1.82, 2.24) is 10.6 Å². The van der Waals surface area contributed by atoms with Crippen LogP contribution in [0.5, 0.6) is 5.75 Å². The van der Waals surface area contributed by atoms with E-state index in [1.165, 1.54) is 0 Å². The van der Waals surface area contributed by atoms with E-state index in [1.54, 1.807) is 6.92 Å². The Morgan fingerprint density at radius 1 is 1.09 bits per heavy atom. The number of esters is 1. The van der Waals surface area contributed by atoms with Crippen LogP contribution in [0.4, 0.5) is 4.79 Å². The lowest BCUT2D eigenvalue weighted by Crippen LogP contribution is -2.56. The Balaban J connectivity index is 1.46. The van der Waals surface area contributed by atoms with E-state index in [2.05, 4.69) is 16.7 Å². The SMILES string of the molecule is CCOC(=O)COc1ccccc1C1CCC(OC[C@@H]2NCCC[C@@H]2NC(=O)OC(C)(C)C)CC1. The molecule has 1 aromatic carbocycles. The van der Waals surface area contributed by atoms with Crippen molar-refractivity contribution in [3.63, 3.8) is 0 Å². The van der Waals surface area contributed by atoms with E-state index in [0.717, 1.165) is 56.4 Å². The van der Waals surface area contributed by atoms with Crippen molar-refractivity contribution < 1.29 is 28.5 Å². The van der Waals surface area contributed by atoms with Crippen molar-refractivity contribution in [2.45, 2.75) is 95.9 Å². The molecule has 2 atom stereocenters. The first kappa shape index (κ1) is 27.3. The minimum absolute atomic E-state index is 0.00152. The zero-order valence-corrected chi connectivity index (χ0v) is 21.6. The standard InChI is InChI=1S/C27H42N2O6/c1-5-32-25(30)18-34-24-11-7-6-9-21(24)19-12-14-20(15-13-19)33-17-23-22(10-8-16-28-23)29-26(31)35-27(2,3)4/h6-7,9,11,19-20,22-23,28H,5,8,10,12-18H2,1-4H3,(H,29,31)/t19?,20?,22-,23-/m0/s1. The maximum atomic E-state index is 12.3. The van der Waals surface area contributed by atoms with Gasteiger partial charge in [0.2, 0.25) is 0 Å². The molecule has 0 spiro atoms. The Bertz CT molecular complexity index is 816. The Morgan fingerprint density at radius 2 is 1.83 bits per heavy atom. The predicted octanol–water partition coefficient (Wildman–Crippen LogP) is 4.32. The molecule has 3 rings (SSSR count). The van der Waals surface area contributed by atoms with E-state index in [0.29, 0.717) is 19.1 Å². The van der Waals surface area contributed by atoms with Gasteiger partial charge in [-0.3, -0.25) is 0 Å². The molecule has 0 bridgehead atoms. The van der Waals surface area contributed by atoms with Crippen molar-refractivity contribution in [3.8, 4) is 5.75 Å². The molecule has 8 nitrogen and oxygen atoms in total. The van der Waals surface area contributed by atoms with Gasteiger partial charge in [0.1, 0.15) is 11.4 Å². The first-order valence-corrected chi connectivity index (χ1v) is 13.0. The van der Waals surface area contributed by atoms with Crippen molar-refractivity contribution in [3.05, 3.63) is 29.8 Å². The zero-order chi connectivity index (χ0) is 25.3. The summed E-state index contributed by atoms with van der Waals surface area (Å²) < 4.78 is 22.5. The molecule has 1 heterocycles. The number of para-hydroxylation sites is 1. The maximum absolute atomic E-state index is 12.3. The third-order valence-corrected chi connectivity index (χ3v) is 6.48. The molecule has 1 saturated heterocycles. The second-order valence-corrected chi connectivity index (χ2v) is 10.4. The monoisotopic (exact) mass is 490 g/mol. The first-order valence-electron chi connectivity index (χ1n) is 13.0. The molecule has 1 amide bonds. The number of piperidine rings is 1. The molecule has 2 N–H and O–H groups in total. The summed E-state index contributed by atoms with van der Waals surface area (Å²) in [6, 6.07) is 8.03. The summed E-state index contributed by atoms with van der Waals surface area (Å²) in [4.78, 5) is 23.9. The Labute approximate surface area is 209 Å². The van der Waals surface area contributed by atoms with Gasteiger partial charge in [-0.25, -0.2) is 9.59 Å². The molecule has 2 aliphatic rings. The molecule has 0 radical (unpaired) electrons. The molecular formula is C27H42N2O6. The molecule has 8 heteroatoms. The number of carbonyl (C=O) groups excluding carboxylic acids is 2. The average Bonchev–Trinajstić information content (AvgIpc) is 2.82. The van der Waals surface area contributed by atoms with Gasteiger partial charge in [0, 0.05) is 6.04 Å². The van der Waals surface area contributed by atoms with Crippen LogP contribution in [0.3, 0.4) is 0 Å². The third-order valence-electron chi connectivity index (χ3n) is 6.48. The fourth-order valence-electron chi connectivity index (χ4n) is 4.83. The number of benzene rings is 1. The van der Waals surface area contributed by atoms with Gasteiger partial charge < -0.3 is 29.6 Å². The zero-order valence-electron chi connectivity index (χ0n) is 21.6. The fraction of sp³-hybridized carbons (Fsp3) is 0.704. The van der Waals surface area contributed by atoms with Crippen LogP contribution in [-0.2, 0) is 19.0 Å². The van der Waals surface area contributed by atoms with Crippen LogP contribution in [0.2, 0.25) is 0 Å². The second kappa shape index (κ2) is 13.1.